The molecule has 0 bridgehead atoms. The minimum absolute atomic E-state index is 0.790. The maximum absolute atomic E-state index is 11.2. The van der Waals surface area contributed by atoms with E-state index in [2.05, 4.69) is 36.8 Å². The first-order valence-corrected chi connectivity index (χ1v) is 10.5. The summed E-state index contributed by atoms with van der Waals surface area (Å²) in [6.07, 6.45) is 10.5. The third kappa shape index (κ3) is 4.56. The van der Waals surface area contributed by atoms with Crippen molar-refractivity contribution >= 4 is 40.5 Å². The van der Waals surface area contributed by atoms with Crippen LogP contribution in [0.3, 0.4) is 0 Å². The number of aromatic nitrogens is 2. The van der Waals surface area contributed by atoms with Gasteiger partial charge in [0.25, 0.3) is 0 Å². The zero-order valence-corrected chi connectivity index (χ0v) is 17.6. The summed E-state index contributed by atoms with van der Waals surface area (Å²) in [6, 6.07) is 4.34. The van der Waals surface area contributed by atoms with Gasteiger partial charge in [0.05, 0.1) is 5.69 Å². The SMILES string of the molecule is CSNc1cc(/C(C=C(C)C)=C/N(C)C=O)cc2c(CC3CC3)n(C)nc12. The highest BCUT2D eigenvalue weighted by Gasteiger charge is 2.25. The van der Waals surface area contributed by atoms with Gasteiger partial charge in [-0.2, -0.15) is 5.10 Å². The van der Waals surface area contributed by atoms with Crippen molar-refractivity contribution in [3.05, 3.63) is 41.2 Å². The molecule has 27 heavy (non-hydrogen) atoms. The Morgan fingerprint density at radius 1 is 1.41 bits per heavy atom. The average Bonchev–Trinajstić information content (AvgIpc) is 3.38. The summed E-state index contributed by atoms with van der Waals surface area (Å²) in [7, 11) is 3.79. The van der Waals surface area contributed by atoms with Crippen LogP contribution in [-0.2, 0) is 18.3 Å². The lowest BCUT2D eigenvalue weighted by molar-refractivity contribution is -0.114. The number of hydrogen-bond donors (Lipinski definition) is 1. The molecule has 1 heterocycles. The highest BCUT2D eigenvalue weighted by Crippen LogP contribution is 2.37. The van der Waals surface area contributed by atoms with Gasteiger partial charge >= 0.3 is 0 Å². The summed E-state index contributed by atoms with van der Waals surface area (Å²) in [6.45, 7) is 4.13. The van der Waals surface area contributed by atoms with Gasteiger partial charge in [-0.05, 0) is 62.3 Å². The topological polar surface area (TPSA) is 50.2 Å². The molecule has 0 unspecified atom stereocenters. The summed E-state index contributed by atoms with van der Waals surface area (Å²) in [5, 5.41) is 5.99. The molecule has 6 heteroatoms. The van der Waals surface area contributed by atoms with Crippen LogP contribution in [0.4, 0.5) is 5.69 Å². The molecule has 5 nitrogen and oxygen atoms in total. The van der Waals surface area contributed by atoms with Crippen LogP contribution in [0, 0.1) is 5.92 Å². The van der Waals surface area contributed by atoms with Crippen LogP contribution in [0.2, 0.25) is 0 Å². The maximum Gasteiger partial charge on any atom is 0.213 e. The Balaban J connectivity index is 2.19. The van der Waals surface area contributed by atoms with E-state index in [-0.39, 0.29) is 0 Å². The van der Waals surface area contributed by atoms with Gasteiger partial charge in [0, 0.05) is 37.6 Å². The number of carbonyl (C=O) groups excluding carboxylic acids is 1. The van der Waals surface area contributed by atoms with Crippen molar-refractivity contribution in [2.75, 3.05) is 18.0 Å². The number of fused-ring (bicyclic) bond motifs is 1. The predicted molar refractivity (Wildman–Crippen MR) is 116 cm³/mol. The number of aryl methyl sites for hydroxylation is 1. The zero-order chi connectivity index (χ0) is 19.6. The fourth-order valence-corrected chi connectivity index (χ4v) is 3.67. The lowest BCUT2D eigenvalue weighted by atomic mass is 9.99. The molecule has 2 aromatic rings. The molecule has 1 amide bonds. The number of hydrogen-bond acceptors (Lipinski definition) is 4. The molecule has 1 aromatic carbocycles. The fraction of sp³-hybridized carbons (Fsp3) is 0.429. The Morgan fingerprint density at radius 2 is 2.15 bits per heavy atom. The molecule has 1 saturated carbocycles. The number of nitrogens with one attached hydrogen (secondary N) is 1. The summed E-state index contributed by atoms with van der Waals surface area (Å²) in [5.41, 5.74) is 6.58. The van der Waals surface area contributed by atoms with Crippen LogP contribution in [-0.4, -0.2) is 34.4 Å². The van der Waals surface area contributed by atoms with E-state index in [1.54, 1.807) is 23.9 Å². The van der Waals surface area contributed by atoms with Gasteiger partial charge in [-0.3, -0.25) is 9.48 Å². The van der Waals surface area contributed by atoms with Gasteiger partial charge in [0.1, 0.15) is 5.52 Å². The highest BCUT2D eigenvalue weighted by atomic mass is 32.2. The predicted octanol–water partition coefficient (Wildman–Crippen LogP) is 4.61. The fourth-order valence-electron chi connectivity index (χ4n) is 3.29. The Hall–Kier alpha value is -2.21. The second-order valence-corrected chi connectivity index (χ2v) is 8.13. The average molecular weight is 385 g/mol. The molecule has 0 atom stereocenters. The lowest BCUT2D eigenvalue weighted by Crippen LogP contribution is -2.07. The smallest absolute Gasteiger partial charge is 0.213 e. The number of anilines is 1. The molecule has 1 aliphatic rings. The summed E-state index contributed by atoms with van der Waals surface area (Å²) in [5.74, 6) is 0.790. The minimum Gasteiger partial charge on any atom is -0.328 e. The third-order valence-corrected chi connectivity index (χ3v) is 5.16. The number of amides is 1. The van der Waals surface area contributed by atoms with Gasteiger partial charge in [-0.1, -0.05) is 23.6 Å². The van der Waals surface area contributed by atoms with E-state index in [1.165, 1.54) is 29.5 Å². The van der Waals surface area contributed by atoms with E-state index in [9.17, 15) is 4.79 Å². The Morgan fingerprint density at radius 3 is 2.74 bits per heavy atom. The van der Waals surface area contributed by atoms with E-state index in [0.717, 1.165) is 41.1 Å². The normalized spacial score (nSPS) is 14.3. The Labute approximate surface area is 165 Å². The first kappa shape index (κ1) is 19.5. The van der Waals surface area contributed by atoms with Gasteiger partial charge in [-0.25, -0.2) is 0 Å². The second-order valence-electron chi connectivity index (χ2n) is 7.52. The molecular formula is C21H28N4OS. The number of carbonyl (C=O) groups is 1. The highest BCUT2D eigenvalue weighted by molar-refractivity contribution is 7.99. The number of nitrogens with zero attached hydrogens (tertiary/aromatic N) is 3. The van der Waals surface area contributed by atoms with E-state index in [1.807, 2.05) is 24.2 Å². The van der Waals surface area contributed by atoms with Crippen LogP contribution in [0.25, 0.3) is 16.5 Å². The van der Waals surface area contributed by atoms with Crippen LogP contribution in [0.1, 0.15) is 37.9 Å². The molecule has 3 rings (SSSR count). The molecule has 1 aromatic heterocycles. The van der Waals surface area contributed by atoms with Crippen molar-refractivity contribution in [3.8, 4) is 0 Å². The first-order valence-electron chi connectivity index (χ1n) is 9.26. The standard InChI is InChI=1S/C21H28N4OS/c1-14(2)8-17(12-24(3)13-26)16-10-18-20(9-15-6-7-15)25(4)22-21(18)19(11-16)23-27-5/h8,10-13,15,23H,6-7,9H2,1-5H3/b17-12+. The van der Waals surface area contributed by atoms with E-state index < -0.39 is 0 Å². The molecule has 0 saturated heterocycles. The zero-order valence-electron chi connectivity index (χ0n) is 16.7. The van der Waals surface area contributed by atoms with E-state index in [4.69, 9.17) is 5.10 Å². The Bertz CT molecular complexity index is 905. The third-order valence-electron chi connectivity index (χ3n) is 4.74. The van der Waals surface area contributed by atoms with Crippen LogP contribution in [0.15, 0.2) is 30.0 Å². The molecule has 144 valence electrons. The van der Waals surface area contributed by atoms with Crippen molar-refractivity contribution in [2.45, 2.75) is 33.1 Å². The van der Waals surface area contributed by atoms with Crippen molar-refractivity contribution < 1.29 is 4.79 Å². The lowest BCUT2D eigenvalue weighted by Gasteiger charge is -2.12. The molecule has 1 fully saturated rings. The summed E-state index contributed by atoms with van der Waals surface area (Å²) < 4.78 is 5.41. The largest absolute Gasteiger partial charge is 0.328 e. The second kappa shape index (κ2) is 8.21. The van der Waals surface area contributed by atoms with Crippen molar-refractivity contribution in [1.29, 1.82) is 0 Å². The maximum atomic E-state index is 11.2. The van der Waals surface area contributed by atoms with Crippen molar-refractivity contribution in [3.63, 3.8) is 0 Å². The Kier molecular flexibility index (Phi) is 5.95. The monoisotopic (exact) mass is 384 g/mol. The molecule has 1 N–H and O–H groups in total. The van der Waals surface area contributed by atoms with E-state index >= 15 is 0 Å². The van der Waals surface area contributed by atoms with Crippen molar-refractivity contribution in [2.24, 2.45) is 13.0 Å². The minimum atomic E-state index is 0.790. The summed E-state index contributed by atoms with van der Waals surface area (Å²) in [4.78, 5) is 12.7. The van der Waals surface area contributed by atoms with Crippen LogP contribution < -0.4 is 4.72 Å². The molecule has 1 aliphatic carbocycles. The number of allylic oxidation sites excluding steroid dienone is 3. The number of benzene rings is 1. The molecular weight excluding hydrogens is 356 g/mol. The molecule has 0 aliphatic heterocycles. The van der Waals surface area contributed by atoms with Crippen LogP contribution in [0.5, 0.6) is 0 Å². The van der Waals surface area contributed by atoms with Crippen LogP contribution >= 0.6 is 11.9 Å². The van der Waals surface area contributed by atoms with E-state index in [0.29, 0.717) is 0 Å². The number of rotatable bonds is 8. The molecule has 0 radical (unpaired) electrons. The van der Waals surface area contributed by atoms with Gasteiger partial charge in [0.2, 0.25) is 6.41 Å². The molecule has 0 spiro atoms. The van der Waals surface area contributed by atoms with Gasteiger partial charge < -0.3 is 9.62 Å². The van der Waals surface area contributed by atoms with Gasteiger partial charge in [0.15, 0.2) is 0 Å². The van der Waals surface area contributed by atoms with Crippen molar-refractivity contribution in [1.82, 2.24) is 14.7 Å². The summed E-state index contributed by atoms with van der Waals surface area (Å²) >= 11 is 1.56. The quantitative estimate of drug-likeness (QED) is 0.410. The van der Waals surface area contributed by atoms with Gasteiger partial charge in [-0.15, -0.1) is 0 Å². The first-order chi connectivity index (χ1) is 12.9.